The number of nitrogens with one attached hydrogen (secondary N) is 2. The van der Waals surface area contributed by atoms with Gasteiger partial charge in [-0.3, -0.25) is 0 Å². The number of benzene rings is 2. The summed E-state index contributed by atoms with van der Waals surface area (Å²) in [4.78, 5) is 16.6. The summed E-state index contributed by atoms with van der Waals surface area (Å²) in [6.07, 6.45) is -4.42. The minimum atomic E-state index is -4.42. The molecule has 0 bridgehead atoms. The Morgan fingerprint density at radius 3 is 2.42 bits per heavy atom. The van der Waals surface area contributed by atoms with Gasteiger partial charge in [-0.1, -0.05) is 40.6 Å². The SMILES string of the molecule is CC1COCCN1c1nc(Nc2ccc(C(F)(F)F)cc2)c2nc(Nc3c(Cl)cccc3Cl)sc2n1. The van der Waals surface area contributed by atoms with Gasteiger partial charge in [0.2, 0.25) is 5.95 Å². The molecule has 1 fully saturated rings. The smallest absolute Gasteiger partial charge is 0.377 e. The number of halogens is 5. The molecule has 13 heteroatoms. The predicted molar refractivity (Wildman–Crippen MR) is 137 cm³/mol. The van der Waals surface area contributed by atoms with Crippen molar-refractivity contribution < 1.29 is 17.9 Å². The topological polar surface area (TPSA) is 75.2 Å². The van der Waals surface area contributed by atoms with Crippen molar-refractivity contribution in [2.24, 2.45) is 0 Å². The number of aromatic nitrogens is 3. The van der Waals surface area contributed by atoms with E-state index in [0.717, 1.165) is 12.1 Å². The third-order valence-electron chi connectivity index (χ3n) is 5.54. The van der Waals surface area contributed by atoms with Crippen LogP contribution in [0, 0.1) is 0 Å². The molecule has 2 N–H and O–H groups in total. The van der Waals surface area contributed by atoms with Crippen LogP contribution in [-0.4, -0.2) is 40.8 Å². The Morgan fingerprint density at radius 2 is 1.75 bits per heavy atom. The Bertz CT molecular complexity index is 1380. The van der Waals surface area contributed by atoms with Crippen LogP contribution in [0.5, 0.6) is 0 Å². The average molecular weight is 555 g/mol. The number of para-hydroxylation sites is 1. The third-order valence-corrected chi connectivity index (χ3v) is 7.04. The summed E-state index contributed by atoms with van der Waals surface area (Å²) in [6.45, 7) is 3.68. The fourth-order valence-corrected chi connectivity index (χ4v) is 5.04. The van der Waals surface area contributed by atoms with Gasteiger partial charge in [-0.2, -0.15) is 23.1 Å². The predicted octanol–water partition coefficient (Wildman–Crippen LogP) is 7.12. The van der Waals surface area contributed by atoms with Gasteiger partial charge in [0.25, 0.3) is 0 Å². The lowest BCUT2D eigenvalue weighted by atomic mass is 10.2. The van der Waals surface area contributed by atoms with Gasteiger partial charge < -0.3 is 20.3 Å². The van der Waals surface area contributed by atoms with Crippen LogP contribution in [0.1, 0.15) is 12.5 Å². The highest BCUT2D eigenvalue weighted by Gasteiger charge is 2.30. The molecule has 0 aliphatic carbocycles. The van der Waals surface area contributed by atoms with Gasteiger partial charge in [0.15, 0.2) is 15.8 Å². The molecule has 7 nitrogen and oxygen atoms in total. The lowest BCUT2D eigenvalue weighted by molar-refractivity contribution is -0.137. The number of hydrogen-bond acceptors (Lipinski definition) is 8. The van der Waals surface area contributed by atoms with E-state index in [1.807, 2.05) is 11.8 Å². The zero-order valence-electron chi connectivity index (χ0n) is 18.7. The van der Waals surface area contributed by atoms with Gasteiger partial charge in [-0.15, -0.1) is 0 Å². The van der Waals surface area contributed by atoms with Gasteiger partial charge in [0.1, 0.15) is 5.52 Å². The molecule has 0 amide bonds. The maximum absolute atomic E-state index is 13.0. The molecule has 1 aliphatic heterocycles. The quantitative estimate of drug-likeness (QED) is 0.272. The summed E-state index contributed by atoms with van der Waals surface area (Å²) in [6, 6.07) is 9.92. The Hall–Kier alpha value is -2.86. The van der Waals surface area contributed by atoms with Crippen LogP contribution in [-0.2, 0) is 10.9 Å². The normalized spacial score (nSPS) is 16.4. The molecule has 3 heterocycles. The maximum atomic E-state index is 13.0. The molecular formula is C23H19Cl2F3N6OS. The monoisotopic (exact) mass is 554 g/mol. The van der Waals surface area contributed by atoms with E-state index in [4.69, 9.17) is 32.9 Å². The van der Waals surface area contributed by atoms with Crippen LogP contribution in [0.25, 0.3) is 10.3 Å². The first kappa shape index (κ1) is 24.8. The van der Waals surface area contributed by atoms with Crippen molar-refractivity contribution in [1.29, 1.82) is 0 Å². The lowest BCUT2D eigenvalue weighted by Crippen LogP contribution is -2.44. The van der Waals surface area contributed by atoms with E-state index in [1.165, 1.54) is 23.5 Å². The number of morpholine rings is 1. The number of alkyl halides is 3. The fraction of sp³-hybridized carbons (Fsp3) is 0.261. The van der Waals surface area contributed by atoms with Crippen molar-refractivity contribution in [2.45, 2.75) is 19.1 Å². The number of nitrogens with zero attached hydrogens (tertiary/aromatic N) is 4. The number of rotatable bonds is 5. The second-order valence-electron chi connectivity index (χ2n) is 8.08. The van der Waals surface area contributed by atoms with Crippen molar-refractivity contribution in [3.8, 4) is 0 Å². The van der Waals surface area contributed by atoms with Gasteiger partial charge in [-0.05, 0) is 43.3 Å². The molecular weight excluding hydrogens is 536 g/mol. The summed E-state index contributed by atoms with van der Waals surface area (Å²) in [7, 11) is 0. The first-order chi connectivity index (χ1) is 17.2. The number of fused-ring (bicyclic) bond motifs is 1. The van der Waals surface area contributed by atoms with Gasteiger partial charge in [0.05, 0.1) is 40.6 Å². The van der Waals surface area contributed by atoms with E-state index in [1.54, 1.807) is 18.2 Å². The molecule has 0 spiro atoms. The van der Waals surface area contributed by atoms with Gasteiger partial charge >= 0.3 is 6.18 Å². The molecule has 4 aromatic rings. The summed E-state index contributed by atoms with van der Waals surface area (Å²) in [5, 5.41) is 7.59. The summed E-state index contributed by atoms with van der Waals surface area (Å²) in [5.41, 5.74) is 0.656. The van der Waals surface area contributed by atoms with Crippen LogP contribution in [0.4, 0.5) is 41.4 Å². The van der Waals surface area contributed by atoms with E-state index in [2.05, 4.69) is 20.6 Å². The van der Waals surface area contributed by atoms with Crippen LogP contribution >= 0.6 is 34.5 Å². The zero-order chi connectivity index (χ0) is 25.4. The summed E-state index contributed by atoms with van der Waals surface area (Å²) in [5.74, 6) is 0.835. The highest BCUT2D eigenvalue weighted by molar-refractivity contribution is 7.22. The largest absolute Gasteiger partial charge is 0.416 e. The zero-order valence-corrected chi connectivity index (χ0v) is 21.1. The van der Waals surface area contributed by atoms with Crippen molar-refractivity contribution in [3.05, 3.63) is 58.1 Å². The van der Waals surface area contributed by atoms with Crippen molar-refractivity contribution in [1.82, 2.24) is 15.0 Å². The number of anilines is 5. The highest BCUT2D eigenvalue weighted by Crippen LogP contribution is 2.38. The van der Waals surface area contributed by atoms with Crippen molar-refractivity contribution in [3.63, 3.8) is 0 Å². The minimum Gasteiger partial charge on any atom is -0.377 e. The lowest BCUT2D eigenvalue weighted by Gasteiger charge is -2.33. The minimum absolute atomic E-state index is 0.0440. The maximum Gasteiger partial charge on any atom is 0.416 e. The molecule has 1 atom stereocenters. The molecule has 5 rings (SSSR count). The molecule has 1 saturated heterocycles. The Labute approximate surface area is 218 Å². The molecule has 0 saturated carbocycles. The fourth-order valence-electron chi connectivity index (χ4n) is 3.71. The molecule has 2 aromatic heterocycles. The third kappa shape index (κ3) is 5.15. The van der Waals surface area contributed by atoms with Gasteiger partial charge in [-0.25, -0.2) is 4.98 Å². The molecule has 2 aromatic carbocycles. The van der Waals surface area contributed by atoms with Crippen LogP contribution in [0.2, 0.25) is 10.0 Å². The first-order valence-corrected chi connectivity index (χ1v) is 12.4. The van der Waals surface area contributed by atoms with Crippen molar-refractivity contribution >= 4 is 73.2 Å². The standard InChI is InChI=1S/C23H19Cl2F3N6OS/c1-12-11-35-10-9-34(12)21-32-19(29-14-7-5-13(6-8-14)23(26,27)28)18-20(33-21)36-22(31-18)30-17-15(24)3-2-4-16(17)25/h2-8,12H,9-11H2,1H3,(H,30,31)(H,29,32,33). The Balaban J connectivity index is 1.55. The number of hydrogen-bond donors (Lipinski definition) is 2. The van der Waals surface area contributed by atoms with Crippen molar-refractivity contribution in [2.75, 3.05) is 35.3 Å². The van der Waals surface area contributed by atoms with E-state index in [0.29, 0.717) is 68.4 Å². The Kier molecular flexibility index (Phi) is 6.82. The van der Waals surface area contributed by atoms with Gasteiger partial charge in [0, 0.05) is 12.2 Å². The Morgan fingerprint density at radius 1 is 1.03 bits per heavy atom. The molecule has 36 heavy (non-hydrogen) atoms. The number of thiazole rings is 1. The van der Waals surface area contributed by atoms with E-state index in [-0.39, 0.29) is 6.04 Å². The van der Waals surface area contributed by atoms with E-state index in [9.17, 15) is 13.2 Å². The molecule has 0 radical (unpaired) electrons. The highest BCUT2D eigenvalue weighted by atomic mass is 35.5. The van der Waals surface area contributed by atoms with Crippen LogP contribution in [0.3, 0.4) is 0 Å². The summed E-state index contributed by atoms with van der Waals surface area (Å²) < 4.78 is 44.5. The number of ether oxygens (including phenoxy) is 1. The molecule has 1 aliphatic rings. The average Bonchev–Trinajstić information content (AvgIpc) is 3.25. The molecule has 1 unspecified atom stereocenters. The van der Waals surface area contributed by atoms with E-state index >= 15 is 0 Å². The van der Waals surface area contributed by atoms with Crippen LogP contribution in [0.15, 0.2) is 42.5 Å². The second-order valence-corrected chi connectivity index (χ2v) is 9.88. The van der Waals surface area contributed by atoms with E-state index < -0.39 is 11.7 Å². The molecule has 188 valence electrons. The first-order valence-electron chi connectivity index (χ1n) is 10.9. The summed E-state index contributed by atoms with van der Waals surface area (Å²) >= 11 is 13.9. The van der Waals surface area contributed by atoms with Crippen LogP contribution < -0.4 is 15.5 Å². The second kappa shape index (κ2) is 9.89.